The number of aliphatic hydroxyl groups excluding tert-OH is 1. The van der Waals surface area contributed by atoms with Gasteiger partial charge in [0.05, 0.1) is 0 Å². The molecule has 0 saturated carbocycles. The van der Waals surface area contributed by atoms with Crippen LogP contribution in [-0.4, -0.2) is 61.5 Å². The summed E-state index contributed by atoms with van der Waals surface area (Å²) in [5, 5.41) is 13.9. The maximum atomic E-state index is 10.5. The van der Waals surface area contributed by atoms with E-state index in [0.29, 0.717) is 19.2 Å². The molecular formula is C25H33N3O2. The average Bonchev–Trinajstić information content (AvgIpc) is 2.78. The van der Waals surface area contributed by atoms with Crippen molar-refractivity contribution in [1.82, 2.24) is 4.90 Å². The Morgan fingerprint density at radius 1 is 1.10 bits per heavy atom. The van der Waals surface area contributed by atoms with Gasteiger partial charge >= 0.3 is 0 Å². The molecule has 2 aromatic rings. The summed E-state index contributed by atoms with van der Waals surface area (Å²) >= 11 is 0. The van der Waals surface area contributed by atoms with Gasteiger partial charge < -0.3 is 20.1 Å². The second kappa shape index (κ2) is 9.54. The van der Waals surface area contributed by atoms with Gasteiger partial charge in [-0.25, -0.2) is 0 Å². The molecule has 2 aliphatic heterocycles. The Kier molecular flexibility index (Phi) is 6.60. The third kappa shape index (κ3) is 5.15. The number of hydrogen-bond donors (Lipinski definition) is 2. The Morgan fingerprint density at radius 3 is 2.60 bits per heavy atom. The molecule has 1 unspecified atom stereocenters. The van der Waals surface area contributed by atoms with E-state index in [1.807, 2.05) is 18.2 Å². The average molecular weight is 408 g/mol. The number of piperazine rings is 1. The Balaban J connectivity index is 1.22. The molecule has 5 nitrogen and oxygen atoms in total. The first-order chi connectivity index (χ1) is 14.6. The molecule has 0 amide bonds. The summed E-state index contributed by atoms with van der Waals surface area (Å²) in [6.45, 7) is 9.16. The van der Waals surface area contributed by atoms with Gasteiger partial charge in [-0.1, -0.05) is 31.2 Å². The molecule has 160 valence electrons. The van der Waals surface area contributed by atoms with Crippen LogP contribution in [0.15, 0.2) is 48.5 Å². The fourth-order valence-corrected chi connectivity index (χ4v) is 4.12. The van der Waals surface area contributed by atoms with Crippen molar-refractivity contribution in [2.45, 2.75) is 32.4 Å². The summed E-state index contributed by atoms with van der Waals surface area (Å²) in [7, 11) is 0. The molecule has 0 radical (unpaired) electrons. The Labute approximate surface area is 180 Å². The van der Waals surface area contributed by atoms with Gasteiger partial charge in [0, 0.05) is 55.7 Å². The molecule has 2 N–H and O–H groups in total. The SMILES string of the molecule is CCc1ccc(N2CCN(C[C@H](O)COc3ccc4c(c3)C=CC(C)N4)CC2)cc1. The van der Waals surface area contributed by atoms with Crippen LogP contribution in [0.4, 0.5) is 11.4 Å². The number of hydrogen-bond acceptors (Lipinski definition) is 5. The molecule has 2 aliphatic rings. The highest BCUT2D eigenvalue weighted by Crippen LogP contribution is 2.27. The van der Waals surface area contributed by atoms with Gasteiger partial charge in [0.25, 0.3) is 0 Å². The van der Waals surface area contributed by atoms with Crippen LogP contribution in [0, 0.1) is 0 Å². The highest BCUT2D eigenvalue weighted by molar-refractivity contribution is 5.72. The first kappa shape index (κ1) is 20.8. The minimum absolute atomic E-state index is 0.311. The van der Waals surface area contributed by atoms with Crippen LogP contribution in [0.3, 0.4) is 0 Å². The Morgan fingerprint density at radius 2 is 1.87 bits per heavy atom. The molecule has 0 aromatic heterocycles. The lowest BCUT2D eigenvalue weighted by Gasteiger charge is -2.37. The zero-order valence-electron chi connectivity index (χ0n) is 18.1. The van der Waals surface area contributed by atoms with E-state index in [1.54, 1.807) is 0 Å². The van der Waals surface area contributed by atoms with E-state index in [4.69, 9.17) is 4.74 Å². The molecule has 5 heteroatoms. The second-order valence-corrected chi connectivity index (χ2v) is 8.31. The first-order valence-corrected chi connectivity index (χ1v) is 11.1. The molecular weight excluding hydrogens is 374 g/mol. The largest absolute Gasteiger partial charge is 0.491 e. The van der Waals surface area contributed by atoms with E-state index in [-0.39, 0.29) is 0 Å². The molecule has 1 fully saturated rings. The van der Waals surface area contributed by atoms with Crippen molar-refractivity contribution in [3.05, 3.63) is 59.7 Å². The van der Waals surface area contributed by atoms with Gasteiger partial charge in [0.2, 0.25) is 0 Å². The third-order valence-electron chi connectivity index (χ3n) is 5.96. The van der Waals surface area contributed by atoms with Crippen molar-refractivity contribution in [3.63, 3.8) is 0 Å². The van der Waals surface area contributed by atoms with Gasteiger partial charge in [-0.3, -0.25) is 4.90 Å². The molecule has 1 saturated heterocycles. The fourth-order valence-electron chi connectivity index (χ4n) is 4.12. The molecule has 30 heavy (non-hydrogen) atoms. The number of fused-ring (bicyclic) bond motifs is 1. The van der Waals surface area contributed by atoms with Crippen molar-refractivity contribution in [2.75, 3.05) is 49.5 Å². The van der Waals surface area contributed by atoms with Crippen molar-refractivity contribution >= 4 is 17.5 Å². The summed E-state index contributed by atoms with van der Waals surface area (Å²) in [5.74, 6) is 0.800. The van der Waals surface area contributed by atoms with Crippen molar-refractivity contribution in [3.8, 4) is 5.75 Å². The highest BCUT2D eigenvalue weighted by Gasteiger charge is 2.20. The van der Waals surface area contributed by atoms with E-state index in [1.165, 1.54) is 11.3 Å². The summed E-state index contributed by atoms with van der Waals surface area (Å²) in [4.78, 5) is 4.75. The molecule has 2 heterocycles. The molecule has 0 spiro atoms. The lowest BCUT2D eigenvalue weighted by atomic mass is 10.1. The smallest absolute Gasteiger partial charge is 0.120 e. The maximum absolute atomic E-state index is 10.5. The van der Waals surface area contributed by atoms with Crippen molar-refractivity contribution in [2.24, 2.45) is 0 Å². The van der Waals surface area contributed by atoms with Gasteiger partial charge in [0.15, 0.2) is 0 Å². The fraction of sp³-hybridized carbons (Fsp3) is 0.440. The summed E-state index contributed by atoms with van der Waals surface area (Å²) in [5.41, 5.74) is 4.92. The van der Waals surface area contributed by atoms with Crippen LogP contribution < -0.4 is 15.0 Å². The highest BCUT2D eigenvalue weighted by atomic mass is 16.5. The van der Waals surface area contributed by atoms with E-state index < -0.39 is 6.10 Å². The second-order valence-electron chi connectivity index (χ2n) is 8.31. The number of β-amino-alcohol motifs (C(OH)–C–C–N with tert-alkyl or cyclic N) is 1. The first-order valence-electron chi connectivity index (χ1n) is 11.1. The quantitative estimate of drug-likeness (QED) is 0.734. The van der Waals surface area contributed by atoms with Gasteiger partial charge in [0.1, 0.15) is 18.5 Å². The van der Waals surface area contributed by atoms with Crippen LogP contribution in [0.2, 0.25) is 0 Å². The predicted octanol–water partition coefficient (Wildman–Crippen LogP) is 3.64. The standard InChI is InChI=1S/C25H33N3O2/c1-3-20-5-8-22(9-6-20)28-14-12-27(13-15-28)17-23(29)18-30-24-10-11-25-21(16-24)7-4-19(2)26-25/h4-11,16,19,23,26,29H,3,12-15,17-18H2,1-2H3/t19?,23-/m0/s1. The number of anilines is 2. The Hall–Kier alpha value is -2.50. The van der Waals surface area contributed by atoms with E-state index in [2.05, 4.69) is 65.4 Å². The number of aryl methyl sites for hydroxylation is 1. The number of nitrogens with zero attached hydrogens (tertiary/aromatic N) is 2. The van der Waals surface area contributed by atoms with Crippen LogP contribution in [-0.2, 0) is 6.42 Å². The molecule has 0 bridgehead atoms. The van der Waals surface area contributed by atoms with Gasteiger partial charge in [-0.15, -0.1) is 0 Å². The van der Waals surface area contributed by atoms with E-state index >= 15 is 0 Å². The number of ether oxygens (including phenoxy) is 1. The summed E-state index contributed by atoms with van der Waals surface area (Å²) < 4.78 is 5.87. The van der Waals surface area contributed by atoms with E-state index in [9.17, 15) is 5.11 Å². The lowest BCUT2D eigenvalue weighted by Crippen LogP contribution is -2.49. The monoisotopic (exact) mass is 407 g/mol. The number of aliphatic hydroxyl groups is 1. The predicted molar refractivity (Wildman–Crippen MR) is 125 cm³/mol. The summed E-state index contributed by atoms with van der Waals surface area (Å²) in [6.07, 6.45) is 4.84. The number of benzene rings is 2. The molecule has 2 atom stereocenters. The third-order valence-corrected chi connectivity index (χ3v) is 5.96. The van der Waals surface area contributed by atoms with Crippen LogP contribution >= 0.6 is 0 Å². The normalized spacial score (nSPS) is 19.8. The minimum Gasteiger partial charge on any atom is -0.491 e. The topological polar surface area (TPSA) is 48.0 Å². The van der Waals surface area contributed by atoms with Crippen LogP contribution in [0.25, 0.3) is 6.08 Å². The van der Waals surface area contributed by atoms with Gasteiger partial charge in [-0.2, -0.15) is 0 Å². The zero-order chi connectivity index (χ0) is 20.9. The minimum atomic E-state index is -0.495. The Bertz CT molecular complexity index is 857. The molecule has 0 aliphatic carbocycles. The number of nitrogens with one attached hydrogen (secondary N) is 1. The van der Waals surface area contributed by atoms with E-state index in [0.717, 1.165) is 49.6 Å². The van der Waals surface area contributed by atoms with Crippen LogP contribution in [0.5, 0.6) is 5.75 Å². The maximum Gasteiger partial charge on any atom is 0.120 e. The molecule has 4 rings (SSSR count). The lowest BCUT2D eigenvalue weighted by molar-refractivity contribution is 0.0663. The number of rotatable bonds is 7. The van der Waals surface area contributed by atoms with Gasteiger partial charge in [-0.05, 0) is 49.2 Å². The van der Waals surface area contributed by atoms with Crippen molar-refractivity contribution in [1.29, 1.82) is 0 Å². The van der Waals surface area contributed by atoms with Crippen LogP contribution in [0.1, 0.15) is 25.0 Å². The van der Waals surface area contributed by atoms with Crippen molar-refractivity contribution < 1.29 is 9.84 Å². The molecule has 2 aromatic carbocycles. The zero-order valence-corrected chi connectivity index (χ0v) is 18.1. The summed E-state index contributed by atoms with van der Waals surface area (Å²) in [6, 6.07) is 15.3.